The van der Waals surface area contributed by atoms with Gasteiger partial charge < -0.3 is 10.0 Å². The summed E-state index contributed by atoms with van der Waals surface area (Å²) in [4.78, 5) is 15.2. The second kappa shape index (κ2) is 9.73. The molecule has 1 aliphatic carbocycles. The number of likely N-dealkylation sites (tertiary alicyclic amines) is 1. The summed E-state index contributed by atoms with van der Waals surface area (Å²) in [6, 6.07) is 0. The molecule has 27 heavy (non-hydrogen) atoms. The molecule has 1 fully saturated rings. The van der Waals surface area contributed by atoms with E-state index in [4.69, 9.17) is 0 Å². The molecule has 1 heterocycles. The molecule has 152 valence electrons. The summed E-state index contributed by atoms with van der Waals surface area (Å²) in [5.41, 5.74) is 1.33. The van der Waals surface area contributed by atoms with Gasteiger partial charge in [0, 0.05) is 36.3 Å². The normalized spacial score (nSPS) is 29.1. The molecule has 0 bridgehead atoms. The maximum absolute atomic E-state index is 13.1. The van der Waals surface area contributed by atoms with Crippen LogP contribution < -0.4 is 0 Å². The minimum atomic E-state index is -0.414. The van der Waals surface area contributed by atoms with Crippen LogP contribution in [0.2, 0.25) is 0 Å². The monoisotopic (exact) mass is 373 g/mol. The molecule has 2 rings (SSSR count). The van der Waals surface area contributed by atoms with Crippen molar-refractivity contribution in [2.24, 2.45) is 23.2 Å². The number of aliphatic hydroxyl groups excluding tert-OH is 1. The van der Waals surface area contributed by atoms with Crippen LogP contribution in [0.25, 0.3) is 0 Å². The van der Waals surface area contributed by atoms with Gasteiger partial charge in [0.05, 0.1) is 6.10 Å². The fourth-order valence-corrected chi connectivity index (χ4v) is 4.46. The summed E-state index contributed by atoms with van der Waals surface area (Å²) in [5, 5.41) is 10.4. The molecule has 3 nitrogen and oxygen atoms in total. The van der Waals surface area contributed by atoms with E-state index in [1.165, 1.54) is 5.57 Å². The highest BCUT2D eigenvalue weighted by Crippen LogP contribution is 2.37. The molecule has 0 aromatic heterocycles. The van der Waals surface area contributed by atoms with Crippen molar-refractivity contribution in [2.45, 2.75) is 72.8 Å². The maximum Gasteiger partial charge on any atom is 0.225 e. The van der Waals surface area contributed by atoms with E-state index in [-0.39, 0.29) is 23.2 Å². The molecule has 4 unspecified atom stereocenters. The molecule has 0 spiro atoms. The number of aliphatic hydroxyl groups is 1. The Labute approximate surface area is 166 Å². The Balaban J connectivity index is 2.20. The highest BCUT2D eigenvalue weighted by atomic mass is 16.3. The largest absolute Gasteiger partial charge is 0.393 e. The first-order valence-electron chi connectivity index (χ1n) is 10.9. The molecule has 1 aliphatic heterocycles. The minimum Gasteiger partial charge on any atom is -0.393 e. The zero-order valence-corrected chi connectivity index (χ0v) is 17.9. The fraction of sp³-hybridized carbons (Fsp3) is 0.708. The quantitative estimate of drug-likeness (QED) is 0.641. The van der Waals surface area contributed by atoms with Gasteiger partial charge in [-0.15, -0.1) is 0 Å². The third-order valence-corrected chi connectivity index (χ3v) is 6.53. The summed E-state index contributed by atoms with van der Waals surface area (Å²) in [6.07, 6.45) is 15.8. The summed E-state index contributed by atoms with van der Waals surface area (Å²) in [5.74, 6) is 0.736. The molecular formula is C24H39NO2. The fourth-order valence-electron chi connectivity index (χ4n) is 4.46. The lowest BCUT2D eigenvalue weighted by molar-refractivity contribution is -0.135. The van der Waals surface area contributed by atoms with E-state index in [1.807, 2.05) is 11.8 Å². The van der Waals surface area contributed by atoms with Crippen LogP contribution >= 0.6 is 0 Å². The number of carbonyl (C=O) groups is 1. The second-order valence-corrected chi connectivity index (χ2v) is 8.75. The molecule has 2 aliphatic rings. The van der Waals surface area contributed by atoms with E-state index in [0.29, 0.717) is 12.5 Å². The van der Waals surface area contributed by atoms with Crippen LogP contribution in [0.3, 0.4) is 0 Å². The molecule has 3 heteroatoms. The molecule has 1 amide bonds. The lowest BCUT2D eigenvalue weighted by Crippen LogP contribution is -2.35. The van der Waals surface area contributed by atoms with Gasteiger partial charge in [-0.05, 0) is 31.8 Å². The van der Waals surface area contributed by atoms with Gasteiger partial charge in [-0.1, -0.05) is 70.9 Å². The van der Waals surface area contributed by atoms with Crippen molar-refractivity contribution in [3.05, 3.63) is 36.0 Å². The number of hydrogen-bond acceptors (Lipinski definition) is 2. The van der Waals surface area contributed by atoms with Crippen molar-refractivity contribution >= 4 is 5.91 Å². The Kier molecular flexibility index (Phi) is 7.91. The lowest BCUT2D eigenvalue weighted by Gasteiger charge is -2.23. The van der Waals surface area contributed by atoms with Gasteiger partial charge >= 0.3 is 0 Å². The second-order valence-electron chi connectivity index (χ2n) is 8.75. The Morgan fingerprint density at radius 2 is 1.89 bits per heavy atom. The van der Waals surface area contributed by atoms with Crippen LogP contribution in [0.4, 0.5) is 0 Å². The third kappa shape index (κ3) is 5.34. The van der Waals surface area contributed by atoms with Gasteiger partial charge in [0.2, 0.25) is 5.91 Å². The topological polar surface area (TPSA) is 40.5 Å². The van der Waals surface area contributed by atoms with E-state index < -0.39 is 6.10 Å². The van der Waals surface area contributed by atoms with Gasteiger partial charge in [-0.3, -0.25) is 4.79 Å². The number of rotatable bonds is 8. The molecular weight excluding hydrogens is 334 g/mol. The van der Waals surface area contributed by atoms with Crippen LogP contribution in [0, 0.1) is 23.2 Å². The van der Waals surface area contributed by atoms with E-state index >= 15 is 0 Å². The highest BCUT2D eigenvalue weighted by Gasteiger charge is 2.40. The molecule has 1 saturated heterocycles. The maximum atomic E-state index is 13.1. The zero-order valence-electron chi connectivity index (χ0n) is 17.9. The van der Waals surface area contributed by atoms with Crippen molar-refractivity contribution in [1.29, 1.82) is 0 Å². The number of nitrogens with zero attached hydrogens (tertiary/aromatic N) is 1. The first-order chi connectivity index (χ1) is 12.8. The van der Waals surface area contributed by atoms with Crippen LogP contribution in [-0.2, 0) is 4.79 Å². The standard InChI is InChI=1S/C24H39NO2/c1-6-10-20(11-7-2)23(27)25-16-21(18(4)26)22(17-25)19-12-9-14-24(5,8-3)15-13-19/h9,12-15,18,20-22,26H,6-8,10-11,16-17H2,1-5H3. The number of carbonyl (C=O) groups excluding carboxylic acids is 1. The number of allylic oxidation sites excluding steroid dienone is 5. The average molecular weight is 374 g/mol. The van der Waals surface area contributed by atoms with Gasteiger partial charge in [0.15, 0.2) is 0 Å². The third-order valence-electron chi connectivity index (χ3n) is 6.53. The summed E-state index contributed by atoms with van der Waals surface area (Å²) in [6.45, 7) is 12.0. The van der Waals surface area contributed by atoms with E-state index in [9.17, 15) is 9.90 Å². The molecule has 0 aromatic carbocycles. The van der Waals surface area contributed by atoms with Crippen LogP contribution in [0.15, 0.2) is 36.0 Å². The highest BCUT2D eigenvalue weighted by molar-refractivity contribution is 5.79. The first kappa shape index (κ1) is 21.9. The van der Waals surface area contributed by atoms with Crippen molar-refractivity contribution in [3.63, 3.8) is 0 Å². The summed E-state index contributed by atoms with van der Waals surface area (Å²) >= 11 is 0. The predicted octanol–water partition coefficient (Wildman–Crippen LogP) is 5.13. The van der Waals surface area contributed by atoms with Crippen molar-refractivity contribution < 1.29 is 9.90 Å². The van der Waals surface area contributed by atoms with Gasteiger partial charge in [-0.2, -0.15) is 0 Å². The number of hydrogen-bond donors (Lipinski definition) is 1. The summed E-state index contributed by atoms with van der Waals surface area (Å²) in [7, 11) is 0. The van der Waals surface area contributed by atoms with Crippen molar-refractivity contribution in [2.75, 3.05) is 13.1 Å². The Morgan fingerprint density at radius 1 is 1.22 bits per heavy atom. The Morgan fingerprint density at radius 3 is 2.44 bits per heavy atom. The lowest BCUT2D eigenvalue weighted by atomic mass is 9.83. The van der Waals surface area contributed by atoms with Crippen LogP contribution in [0.5, 0.6) is 0 Å². The average Bonchev–Trinajstić information content (AvgIpc) is 3.00. The smallest absolute Gasteiger partial charge is 0.225 e. The van der Waals surface area contributed by atoms with Gasteiger partial charge in [0.1, 0.15) is 0 Å². The Bertz CT molecular complexity index is 583. The zero-order chi connectivity index (χ0) is 20.0. The number of amides is 1. The SMILES string of the molecule is CCCC(CCC)C(=O)N1CC(C2=CC=CC(C)(CC)C=C2)C(C(C)O)C1. The first-order valence-corrected chi connectivity index (χ1v) is 10.9. The molecule has 0 radical (unpaired) electrons. The van der Waals surface area contributed by atoms with Crippen molar-refractivity contribution in [3.8, 4) is 0 Å². The van der Waals surface area contributed by atoms with Gasteiger partial charge in [-0.25, -0.2) is 0 Å². The van der Waals surface area contributed by atoms with Crippen molar-refractivity contribution in [1.82, 2.24) is 4.90 Å². The molecule has 4 atom stereocenters. The Hall–Kier alpha value is -1.35. The predicted molar refractivity (Wildman–Crippen MR) is 113 cm³/mol. The van der Waals surface area contributed by atoms with E-state index in [2.05, 4.69) is 58.1 Å². The molecule has 0 aromatic rings. The molecule has 0 saturated carbocycles. The van der Waals surface area contributed by atoms with Crippen LogP contribution in [0.1, 0.15) is 66.7 Å². The van der Waals surface area contributed by atoms with Crippen LogP contribution in [-0.4, -0.2) is 35.1 Å². The van der Waals surface area contributed by atoms with E-state index in [1.54, 1.807) is 0 Å². The molecule has 1 N–H and O–H groups in total. The summed E-state index contributed by atoms with van der Waals surface area (Å²) < 4.78 is 0. The minimum absolute atomic E-state index is 0.0834. The van der Waals surface area contributed by atoms with Gasteiger partial charge in [0.25, 0.3) is 0 Å². The van der Waals surface area contributed by atoms with E-state index in [0.717, 1.165) is 38.6 Å².